The van der Waals surface area contributed by atoms with Gasteiger partial charge in [0.1, 0.15) is 5.82 Å². The number of amides is 2. The molecule has 1 aromatic carbocycles. The molecule has 2 atom stereocenters. The van der Waals surface area contributed by atoms with Crippen LogP contribution in [0.4, 0.5) is 4.39 Å². The second-order valence-electron chi connectivity index (χ2n) is 9.20. The summed E-state index contributed by atoms with van der Waals surface area (Å²) in [6.07, 6.45) is 4.25. The van der Waals surface area contributed by atoms with E-state index in [1.165, 1.54) is 18.2 Å². The van der Waals surface area contributed by atoms with Crippen molar-refractivity contribution < 1.29 is 24.2 Å². The molecular weight excluding hydrogens is 449 g/mol. The first kappa shape index (κ1) is 25.6. The molecular formula is C24H33ClFN3O4. The van der Waals surface area contributed by atoms with Crippen molar-refractivity contribution in [3.8, 4) is 0 Å². The third-order valence-electron chi connectivity index (χ3n) is 6.76. The van der Waals surface area contributed by atoms with Crippen molar-refractivity contribution in [3.63, 3.8) is 0 Å². The minimum atomic E-state index is -0.561. The van der Waals surface area contributed by atoms with Crippen LogP contribution < -0.4 is 0 Å². The summed E-state index contributed by atoms with van der Waals surface area (Å²) < 4.78 is 13.3. The minimum absolute atomic E-state index is 0.00193. The van der Waals surface area contributed by atoms with Gasteiger partial charge in [-0.05, 0) is 49.7 Å². The summed E-state index contributed by atoms with van der Waals surface area (Å²) in [6, 6.07) is 4.26. The van der Waals surface area contributed by atoms with Crippen LogP contribution in [0.2, 0.25) is 5.02 Å². The molecule has 7 nitrogen and oxygen atoms in total. The SMILES string of the molecule is C[C@@]1(CO)CCN(CCCN2CCN(C(=O)/C=C/c3ccc(F)c(Cl)c3)CCC2=O)C[C@@H]1O. The number of aliphatic hydroxyl groups is 2. The second kappa shape index (κ2) is 11.4. The average molecular weight is 482 g/mol. The number of rotatable bonds is 7. The topological polar surface area (TPSA) is 84.3 Å². The molecule has 182 valence electrons. The maximum atomic E-state index is 13.3. The van der Waals surface area contributed by atoms with Crippen LogP contribution >= 0.6 is 11.6 Å². The number of carbonyl (C=O) groups excluding carboxylic acids is 2. The minimum Gasteiger partial charge on any atom is -0.396 e. The van der Waals surface area contributed by atoms with Crippen LogP contribution in [0, 0.1) is 11.2 Å². The van der Waals surface area contributed by atoms with Crippen molar-refractivity contribution in [1.82, 2.24) is 14.7 Å². The van der Waals surface area contributed by atoms with Gasteiger partial charge in [-0.3, -0.25) is 9.59 Å². The largest absolute Gasteiger partial charge is 0.396 e. The first-order valence-electron chi connectivity index (χ1n) is 11.4. The van der Waals surface area contributed by atoms with E-state index in [2.05, 4.69) is 4.90 Å². The Balaban J connectivity index is 1.45. The summed E-state index contributed by atoms with van der Waals surface area (Å²) in [5.41, 5.74) is 0.189. The number of hydrogen-bond donors (Lipinski definition) is 2. The molecule has 2 saturated heterocycles. The molecule has 33 heavy (non-hydrogen) atoms. The molecule has 0 radical (unpaired) electrons. The Morgan fingerprint density at radius 1 is 1.27 bits per heavy atom. The summed E-state index contributed by atoms with van der Waals surface area (Å²) in [5.74, 6) is -0.670. The van der Waals surface area contributed by atoms with Crippen LogP contribution in [-0.4, -0.2) is 95.3 Å². The third kappa shape index (κ3) is 6.76. The zero-order chi connectivity index (χ0) is 24.0. The third-order valence-corrected chi connectivity index (χ3v) is 7.05. The van der Waals surface area contributed by atoms with Gasteiger partial charge < -0.3 is 24.9 Å². The van der Waals surface area contributed by atoms with E-state index < -0.39 is 17.3 Å². The molecule has 2 fully saturated rings. The van der Waals surface area contributed by atoms with Gasteiger partial charge in [0.15, 0.2) is 0 Å². The van der Waals surface area contributed by atoms with Gasteiger partial charge in [0, 0.05) is 50.6 Å². The average Bonchev–Trinajstić information content (AvgIpc) is 2.98. The Bertz CT molecular complexity index is 883. The summed E-state index contributed by atoms with van der Waals surface area (Å²) in [6.45, 7) is 5.90. The molecule has 0 saturated carbocycles. The number of β-amino-alcohol motifs (C(OH)–C–C–N with tert-alkyl or cyclic N) is 1. The number of likely N-dealkylation sites (tertiary alicyclic amines) is 1. The predicted octanol–water partition coefficient (Wildman–Crippen LogP) is 2.01. The van der Waals surface area contributed by atoms with Gasteiger partial charge in [0.2, 0.25) is 11.8 Å². The van der Waals surface area contributed by atoms with Crippen LogP contribution in [0.3, 0.4) is 0 Å². The van der Waals surface area contributed by atoms with Gasteiger partial charge in [-0.15, -0.1) is 0 Å². The fourth-order valence-corrected chi connectivity index (χ4v) is 4.41. The molecule has 0 bridgehead atoms. The van der Waals surface area contributed by atoms with E-state index in [1.54, 1.807) is 21.9 Å². The standard InChI is InChI=1S/C24H33ClFN3O4/c1-24(17-30)8-12-27(16-21(24)31)9-2-10-28-13-14-29(11-7-23(28)33)22(32)6-4-18-3-5-20(26)19(25)15-18/h3-6,15,21,30-31H,2,7-14,16-17H2,1H3/b6-4+/t21-,24-/m0/s1. The number of piperidine rings is 1. The molecule has 0 aliphatic carbocycles. The van der Waals surface area contributed by atoms with E-state index in [0.717, 1.165) is 25.9 Å². The Morgan fingerprint density at radius 2 is 2.06 bits per heavy atom. The molecule has 0 spiro atoms. The summed E-state index contributed by atoms with van der Waals surface area (Å²) in [7, 11) is 0. The van der Waals surface area contributed by atoms with Crippen molar-refractivity contribution in [2.45, 2.75) is 32.3 Å². The molecule has 0 unspecified atom stereocenters. The smallest absolute Gasteiger partial charge is 0.246 e. The fourth-order valence-electron chi connectivity index (χ4n) is 4.22. The summed E-state index contributed by atoms with van der Waals surface area (Å²) >= 11 is 5.78. The quantitative estimate of drug-likeness (QED) is 0.582. The molecule has 2 N–H and O–H groups in total. The van der Waals surface area contributed by atoms with Gasteiger partial charge in [-0.2, -0.15) is 0 Å². The van der Waals surface area contributed by atoms with Crippen LogP contribution in [-0.2, 0) is 9.59 Å². The van der Waals surface area contributed by atoms with Crippen molar-refractivity contribution >= 4 is 29.5 Å². The number of hydrogen-bond acceptors (Lipinski definition) is 5. The molecule has 2 heterocycles. The zero-order valence-corrected chi connectivity index (χ0v) is 19.8. The summed E-state index contributed by atoms with van der Waals surface area (Å²) in [5, 5.41) is 19.8. The highest BCUT2D eigenvalue weighted by Crippen LogP contribution is 2.30. The maximum absolute atomic E-state index is 13.3. The normalized spacial score (nSPS) is 25.0. The summed E-state index contributed by atoms with van der Waals surface area (Å²) in [4.78, 5) is 30.7. The van der Waals surface area contributed by atoms with Crippen LogP contribution in [0.5, 0.6) is 0 Å². The lowest BCUT2D eigenvalue weighted by atomic mass is 9.79. The first-order valence-corrected chi connectivity index (χ1v) is 11.8. The van der Waals surface area contributed by atoms with Gasteiger partial charge in [-0.25, -0.2) is 4.39 Å². The van der Waals surface area contributed by atoms with Crippen LogP contribution in [0.25, 0.3) is 6.08 Å². The highest BCUT2D eigenvalue weighted by molar-refractivity contribution is 6.30. The Labute approximate surface area is 199 Å². The van der Waals surface area contributed by atoms with Crippen molar-refractivity contribution in [2.75, 3.05) is 52.4 Å². The van der Waals surface area contributed by atoms with Gasteiger partial charge in [-0.1, -0.05) is 24.6 Å². The molecule has 1 aromatic rings. The highest BCUT2D eigenvalue weighted by Gasteiger charge is 2.37. The Morgan fingerprint density at radius 3 is 2.76 bits per heavy atom. The Kier molecular flexibility index (Phi) is 8.87. The lowest BCUT2D eigenvalue weighted by Gasteiger charge is -2.42. The molecule has 2 aliphatic rings. The van der Waals surface area contributed by atoms with Crippen LogP contribution in [0.15, 0.2) is 24.3 Å². The monoisotopic (exact) mass is 481 g/mol. The van der Waals surface area contributed by atoms with Crippen molar-refractivity contribution in [2.24, 2.45) is 5.41 Å². The number of carbonyl (C=O) groups is 2. The van der Waals surface area contributed by atoms with Gasteiger partial charge >= 0.3 is 0 Å². The number of benzene rings is 1. The van der Waals surface area contributed by atoms with E-state index in [9.17, 15) is 24.2 Å². The second-order valence-corrected chi connectivity index (χ2v) is 9.60. The van der Waals surface area contributed by atoms with E-state index in [4.69, 9.17) is 11.6 Å². The van der Waals surface area contributed by atoms with E-state index in [1.807, 2.05) is 6.92 Å². The molecule has 3 rings (SSSR count). The van der Waals surface area contributed by atoms with Gasteiger partial charge in [0.25, 0.3) is 0 Å². The lowest BCUT2D eigenvalue weighted by molar-refractivity contribution is -0.130. The van der Waals surface area contributed by atoms with Crippen LogP contribution in [0.1, 0.15) is 31.7 Å². The highest BCUT2D eigenvalue weighted by atomic mass is 35.5. The van der Waals surface area contributed by atoms with Crippen molar-refractivity contribution in [3.05, 3.63) is 40.7 Å². The number of aliphatic hydroxyl groups excluding tert-OH is 2. The molecule has 2 amide bonds. The lowest BCUT2D eigenvalue weighted by Crippen LogP contribution is -2.51. The van der Waals surface area contributed by atoms with E-state index in [0.29, 0.717) is 38.3 Å². The first-order chi connectivity index (χ1) is 15.7. The zero-order valence-electron chi connectivity index (χ0n) is 19.1. The fraction of sp³-hybridized carbons (Fsp3) is 0.583. The van der Waals surface area contributed by atoms with Gasteiger partial charge in [0.05, 0.1) is 17.7 Å². The van der Waals surface area contributed by atoms with E-state index >= 15 is 0 Å². The predicted molar refractivity (Wildman–Crippen MR) is 125 cm³/mol. The maximum Gasteiger partial charge on any atom is 0.246 e. The number of halogens is 2. The number of nitrogens with zero attached hydrogens (tertiary/aromatic N) is 3. The molecule has 2 aliphatic heterocycles. The van der Waals surface area contributed by atoms with Crippen molar-refractivity contribution in [1.29, 1.82) is 0 Å². The van der Waals surface area contributed by atoms with E-state index in [-0.39, 0.29) is 29.9 Å². The molecule has 0 aromatic heterocycles. The molecule has 9 heteroatoms. The Hall–Kier alpha value is -2.00.